The lowest BCUT2D eigenvalue weighted by Crippen LogP contribution is -2.51. The number of nitrogens with zero attached hydrogens (tertiary/aromatic N) is 6. The summed E-state index contributed by atoms with van der Waals surface area (Å²) in [6.45, 7) is 2.61. The third kappa shape index (κ3) is 4.14. The van der Waals surface area contributed by atoms with Crippen LogP contribution in [-0.2, 0) is 21.5 Å². The zero-order valence-electron chi connectivity index (χ0n) is 15.4. The number of aromatic nitrogens is 4. The fourth-order valence-corrected chi connectivity index (χ4v) is 6.25. The highest BCUT2D eigenvalue weighted by Crippen LogP contribution is 2.37. The third-order valence-electron chi connectivity index (χ3n) is 6.10. The first kappa shape index (κ1) is 18.8. The van der Waals surface area contributed by atoms with Gasteiger partial charge in [-0.2, -0.15) is 17.4 Å². The van der Waals surface area contributed by atoms with E-state index >= 15 is 0 Å². The Bertz CT molecular complexity index is 748. The standard InChI is InChI=1S/C16H27N7O3S/c24-16(11-22-12-17-19-20-22)21-9-13-5-4-6-15(14(13)10-21)18-27(25,26)23-7-2-1-3-8-23/h12-15,18H,1-11H2/t13-,14+,15-/m0/s1. The number of amides is 1. The van der Waals surface area contributed by atoms with Crippen LogP contribution in [0.5, 0.6) is 0 Å². The van der Waals surface area contributed by atoms with Gasteiger partial charge in [0.1, 0.15) is 12.9 Å². The van der Waals surface area contributed by atoms with Crippen LogP contribution in [0, 0.1) is 11.8 Å². The van der Waals surface area contributed by atoms with Crippen molar-refractivity contribution in [2.45, 2.75) is 51.1 Å². The first-order valence-electron chi connectivity index (χ1n) is 9.79. The van der Waals surface area contributed by atoms with Gasteiger partial charge in [-0.1, -0.05) is 12.8 Å². The summed E-state index contributed by atoms with van der Waals surface area (Å²) in [5.41, 5.74) is 0. The summed E-state index contributed by atoms with van der Waals surface area (Å²) in [6.07, 6.45) is 7.25. The zero-order chi connectivity index (χ0) is 18.9. The Hall–Kier alpha value is -1.59. The molecule has 0 aromatic carbocycles. The van der Waals surface area contributed by atoms with Crippen molar-refractivity contribution in [3.05, 3.63) is 6.33 Å². The average Bonchev–Trinajstić information content (AvgIpc) is 3.32. The second-order valence-electron chi connectivity index (χ2n) is 7.85. The van der Waals surface area contributed by atoms with Gasteiger partial charge in [0.25, 0.3) is 10.2 Å². The molecule has 1 aromatic rings. The minimum atomic E-state index is -3.45. The number of nitrogens with one attached hydrogen (secondary N) is 1. The highest BCUT2D eigenvalue weighted by molar-refractivity contribution is 7.87. The van der Waals surface area contributed by atoms with Gasteiger partial charge in [0, 0.05) is 32.2 Å². The van der Waals surface area contributed by atoms with Crippen LogP contribution in [0.3, 0.4) is 0 Å². The van der Waals surface area contributed by atoms with Crippen LogP contribution < -0.4 is 4.72 Å². The quantitative estimate of drug-likeness (QED) is 0.725. The van der Waals surface area contributed by atoms with E-state index in [1.165, 1.54) is 11.0 Å². The van der Waals surface area contributed by atoms with Crippen molar-refractivity contribution in [2.75, 3.05) is 26.2 Å². The molecule has 4 rings (SSSR count). The van der Waals surface area contributed by atoms with Crippen LogP contribution >= 0.6 is 0 Å². The zero-order valence-corrected chi connectivity index (χ0v) is 16.2. The number of tetrazole rings is 1. The van der Waals surface area contributed by atoms with E-state index in [1.54, 1.807) is 4.31 Å². The largest absolute Gasteiger partial charge is 0.340 e. The minimum absolute atomic E-state index is 0.0191. The predicted octanol–water partition coefficient (Wildman–Crippen LogP) is -0.379. The molecule has 2 aliphatic heterocycles. The molecular formula is C16H27N7O3S. The van der Waals surface area contributed by atoms with Gasteiger partial charge in [0.2, 0.25) is 5.91 Å². The van der Waals surface area contributed by atoms with Crippen LogP contribution in [0.2, 0.25) is 0 Å². The molecule has 11 heteroatoms. The van der Waals surface area contributed by atoms with Gasteiger partial charge in [-0.15, -0.1) is 5.10 Å². The number of piperidine rings is 1. The number of likely N-dealkylation sites (tertiary alicyclic amines) is 1. The van der Waals surface area contributed by atoms with Crippen molar-refractivity contribution in [1.82, 2.24) is 34.1 Å². The number of carbonyl (C=O) groups excluding carboxylic acids is 1. The number of hydrogen-bond acceptors (Lipinski definition) is 6. The molecule has 3 heterocycles. The lowest BCUT2D eigenvalue weighted by atomic mass is 9.78. The van der Waals surface area contributed by atoms with Crippen molar-refractivity contribution >= 4 is 16.1 Å². The van der Waals surface area contributed by atoms with Gasteiger partial charge >= 0.3 is 0 Å². The Kier molecular flexibility index (Phi) is 5.42. The van der Waals surface area contributed by atoms with Gasteiger partial charge in [0.15, 0.2) is 0 Å². The molecule has 3 fully saturated rings. The lowest BCUT2D eigenvalue weighted by molar-refractivity contribution is -0.131. The Balaban J connectivity index is 1.39. The normalized spacial score (nSPS) is 29.6. The molecule has 0 radical (unpaired) electrons. The predicted molar refractivity (Wildman–Crippen MR) is 96.5 cm³/mol. The summed E-state index contributed by atoms with van der Waals surface area (Å²) >= 11 is 0. The number of rotatable bonds is 5. The van der Waals surface area contributed by atoms with E-state index in [4.69, 9.17) is 0 Å². The van der Waals surface area contributed by atoms with Gasteiger partial charge in [-0.25, -0.2) is 4.68 Å². The molecule has 1 saturated carbocycles. The van der Waals surface area contributed by atoms with Crippen molar-refractivity contribution in [2.24, 2.45) is 11.8 Å². The van der Waals surface area contributed by atoms with Crippen molar-refractivity contribution < 1.29 is 13.2 Å². The van der Waals surface area contributed by atoms with Crippen LogP contribution in [-0.4, -0.2) is 76.0 Å². The second kappa shape index (κ2) is 7.80. The molecule has 27 heavy (non-hydrogen) atoms. The van der Waals surface area contributed by atoms with E-state index in [0.717, 1.165) is 38.5 Å². The Labute approximate surface area is 159 Å². The number of hydrogen-bond donors (Lipinski definition) is 1. The maximum absolute atomic E-state index is 12.8. The Morgan fingerprint density at radius 3 is 2.67 bits per heavy atom. The molecule has 0 spiro atoms. The van der Waals surface area contributed by atoms with Gasteiger partial charge < -0.3 is 4.90 Å². The highest BCUT2D eigenvalue weighted by Gasteiger charge is 2.43. The lowest BCUT2D eigenvalue weighted by Gasteiger charge is -2.35. The van der Waals surface area contributed by atoms with Crippen molar-refractivity contribution in [3.8, 4) is 0 Å². The highest BCUT2D eigenvalue weighted by atomic mass is 32.2. The third-order valence-corrected chi connectivity index (χ3v) is 7.74. The monoisotopic (exact) mass is 397 g/mol. The van der Waals surface area contributed by atoms with Crippen molar-refractivity contribution in [1.29, 1.82) is 0 Å². The van der Waals surface area contributed by atoms with Crippen molar-refractivity contribution in [3.63, 3.8) is 0 Å². The van der Waals surface area contributed by atoms with Gasteiger partial charge in [-0.3, -0.25) is 4.79 Å². The molecule has 150 valence electrons. The molecular weight excluding hydrogens is 370 g/mol. The minimum Gasteiger partial charge on any atom is -0.340 e. The molecule has 0 unspecified atom stereocenters. The SMILES string of the molecule is O=C(Cn1cnnn1)N1C[C@@H]2CCC[C@H](NS(=O)(=O)N3CCCCC3)[C@@H]2C1. The molecule has 3 aliphatic rings. The molecule has 1 aromatic heterocycles. The topological polar surface area (TPSA) is 113 Å². The summed E-state index contributed by atoms with van der Waals surface area (Å²) in [5, 5.41) is 10.8. The number of fused-ring (bicyclic) bond motifs is 1. The van der Waals surface area contributed by atoms with Crippen LogP contribution in [0.15, 0.2) is 6.33 Å². The molecule has 0 bridgehead atoms. The molecule has 2 saturated heterocycles. The van der Waals surface area contributed by atoms with Gasteiger partial charge in [0.05, 0.1) is 0 Å². The molecule has 10 nitrogen and oxygen atoms in total. The van der Waals surface area contributed by atoms with Crippen LogP contribution in [0.4, 0.5) is 0 Å². The van der Waals surface area contributed by atoms with E-state index in [1.807, 2.05) is 4.90 Å². The fourth-order valence-electron chi connectivity index (χ4n) is 4.68. The average molecular weight is 398 g/mol. The van der Waals surface area contributed by atoms with E-state index in [9.17, 15) is 13.2 Å². The maximum atomic E-state index is 12.8. The molecule has 1 amide bonds. The molecule has 1 N–H and O–H groups in total. The van der Waals surface area contributed by atoms with E-state index in [2.05, 4.69) is 20.2 Å². The Morgan fingerprint density at radius 1 is 1.11 bits per heavy atom. The maximum Gasteiger partial charge on any atom is 0.279 e. The summed E-state index contributed by atoms with van der Waals surface area (Å²) < 4.78 is 31.5. The second-order valence-corrected chi connectivity index (χ2v) is 9.55. The molecule has 3 atom stereocenters. The number of carbonyl (C=O) groups is 1. The summed E-state index contributed by atoms with van der Waals surface area (Å²) in [4.78, 5) is 14.4. The first-order chi connectivity index (χ1) is 13.0. The Morgan fingerprint density at radius 2 is 1.93 bits per heavy atom. The summed E-state index contributed by atoms with van der Waals surface area (Å²) in [6, 6.07) is -0.0958. The van der Waals surface area contributed by atoms with Crippen LogP contribution in [0.1, 0.15) is 38.5 Å². The summed E-state index contributed by atoms with van der Waals surface area (Å²) in [5.74, 6) is 0.510. The van der Waals surface area contributed by atoms with Gasteiger partial charge in [-0.05, 0) is 47.9 Å². The molecule has 1 aliphatic carbocycles. The van der Waals surface area contributed by atoms with E-state index in [0.29, 0.717) is 32.1 Å². The first-order valence-corrected chi connectivity index (χ1v) is 11.2. The summed E-state index contributed by atoms with van der Waals surface area (Å²) in [7, 11) is -3.45. The fraction of sp³-hybridized carbons (Fsp3) is 0.875. The van der Waals surface area contributed by atoms with Crippen LogP contribution in [0.25, 0.3) is 0 Å². The van der Waals surface area contributed by atoms with E-state index < -0.39 is 10.2 Å². The smallest absolute Gasteiger partial charge is 0.279 e. The van der Waals surface area contributed by atoms with E-state index in [-0.39, 0.29) is 24.4 Å².